The molecule has 0 fully saturated rings. The molecule has 0 saturated carbocycles. The van der Waals surface area contributed by atoms with E-state index < -0.39 is 10.0 Å². The first kappa shape index (κ1) is 14.6. The molecule has 2 aromatic rings. The number of nitrogens with zero attached hydrogens (tertiary/aromatic N) is 1. The minimum absolute atomic E-state index is 0.0442. The highest BCUT2D eigenvalue weighted by atomic mass is 32.2. The van der Waals surface area contributed by atoms with Crippen LogP contribution in [-0.4, -0.2) is 19.3 Å². The fourth-order valence-corrected chi connectivity index (χ4v) is 2.65. The highest BCUT2D eigenvalue weighted by Crippen LogP contribution is 2.10. The summed E-state index contributed by atoms with van der Waals surface area (Å²) in [6, 6.07) is 6.02. The van der Waals surface area contributed by atoms with Gasteiger partial charge >= 0.3 is 0 Å². The highest BCUT2D eigenvalue weighted by molar-refractivity contribution is 7.89. The van der Waals surface area contributed by atoms with Crippen LogP contribution in [0.1, 0.15) is 21.1 Å². The summed E-state index contributed by atoms with van der Waals surface area (Å²) in [7, 11) is -3.69. The molecule has 0 aliphatic rings. The Bertz CT molecular complexity index is 721. The molecule has 0 radical (unpaired) electrons. The van der Waals surface area contributed by atoms with Gasteiger partial charge in [-0.1, -0.05) is 12.1 Å². The minimum atomic E-state index is -3.69. The van der Waals surface area contributed by atoms with Crippen molar-refractivity contribution in [2.24, 2.45) is 5.14 Å². The summed E-state index contributed by atoms with van der Waals surface area (Å²) in [5, 5.41) is 10.2. The van der Waals surface area contributed by atoms with Gasteiger partial charge in [-0.05, 0) is 24.6 Å². The summed E-state index contributed by atoms with van der Waals surface area (Å²) < 4.78 is 22.2. The zero-order chi connectivity index (χ0) is 14.8. The van der Waals surface area contributed by atoms with Gasteiger partial charge in [-0.3, -0.25) is 4.79 Å². The Morgan fingerprint density at radius 2 is 2.00 bits per heavy atom. The predicted molar refractivity (Wildman–Crippen MR) is 75.8 cm³/mol. The van der Waals surface area contributed by atoms with Crippen LogP contribution >= 0.6 is 11.3 Å². The molecule has 0 saturated heterocycles. The Morgan fingerprint density at radius 3 is 2.50 bits per heavy atom. The molecule has 0 unspecified atom stereocenters. The van der Waals surface area contributed by atoms with E-state index in [2.05, 4.69) is 10.3 Å². The normalized spacial score (nSPS) is 11.3. The molecule has 2 rings (SSSR count). The average Bonchev–Trinajstić information content (AvgIpc) is 2.82. The van der Waals surface area contributed by atoms with Crippen LogP contribution in [0.2, 0.25) is 0 Å². The number of aryl methyl sites for hydroxylation is 1. The molecular formula is C12H13N3O3S2. The lowest BCUT2D eigenvalue weighted by Crippen LogP contribution is -2.23. The first-order valence-corrected chi connectivity index (χ1v) is 8.11. The summed E-state index contributed by atoms with van der Waals surface area (Å²) >= 11 is 1.41. The third kappa shape index (κ3) is 3.62. The Kier molecular flexibility index (Phi) is 4.17. The smallest absolute Gasteiger partial charge is 0.271 e. The number of sulfonamides is 1. The van der Waals surface area contributed by atoms with Gasteiger partial charge in [-0.15, -0.1) is 11.3 Å². The van der Waals surface area contributed by atoms with Gasteiger partial charge in [0, 0.05) is 11.9 Å². The molecule has 8 heteroatoms. The van der Waals surface area contributed by atoms with Crippen LogP contribution in [0, 0.1) is 6.92 Å². The summed E-state index contributed by atoms with van der Waals surface area (Å²) in [5.74, 6) is -0.259. The van der Waals surface area contributed by atoms with Crippen LogP contribution in [0.4, 0.5) is 0 Å². The van der Waals surface area contributed by atoms with Crippen molar-refractivity contribution in [2.75, 3.05) is 0 Å². The van der Waals surface area contributed by atoms with Crippen molar-refractivity contribution in [1.82, 2.24) is 10.3 Å². The van der Waals surface area contributed by atoms with E-state index in [9.17, 15) is 13.2 Å². The van der Waals surface area contributed by atoms with Crippen LogP contribution in [0.25, 0.3) is 0 Å². The number of benzene rings is 1. The zero-order valence-corrected chi connectivity index (χ0v) is 12.3. The molecule has 6 nitrogen and oxygen atoms in total. The number of hydrogen-bond acceptors (Lipinski definition) is 5. The first-order valence-electron chi connectivity index (χ1n) is 5.68. The van der Waals surface area contributed by atoms with Crippen LogP contribution in [0.15, 0.2) is 34.5 Å². The Balaban J connectivity index is 1.99. The number of primary sulfonamides is 1. The maximum absolute atomic E-state index is 11.8. The molecule has 3 N–H and O–H groups in total. The van der Waals surface area contributed by atoms with Gasteiger partial charge in [-0.25, -0.2) is 18.5 Å². The van der Waals surface area contributed by atoms with Crippen LogP contribution < -0.4 is 10.5 Å². The van der Waals surface area contributed by atoms with Crippen LogP contribution in [0.3, 0.4) is 0 Å². The second-order valence-electron chi connectivity index (χ2n) is 4.12. The number of hydrogen-bond donors (Lipinski definition) is 2. The van der Waals surface area contributed by atoms with Gasteiger partial charge in [0.1, 0.15) is 5.69 Å². The van der Waals surface area contributed by atoms with Crippen molar-refractivity contribution < 1.29 is 13.2 Å². The van der Waals surface area contributed by atoms with E-state index >= 15 is 0 Å². The lowest BCUT2D eigenvalue weighted by molar-refractivity contribution is 0.0946. The second kappa shape index (κ2) is 5.70. The predicted octanol–water partition coefficient (Wildman–Crippen LogP) is 1.03. The van der Waals surface area contributed by atoms with Crippen molar-refractivity contribution >= 4 is 27.3 Å². The monoisotopic (exact) mass is 311 g/mol. The number of amides is 1. The van der Waals surface area contributed by atoms with E-state index in [1.807, 2.05) is 6.92 Å². The number of nitrogens with two attached hydrogens (primary N) is 1. The van der Waals surface area contributed by atoms with Gasteiger partial charge < -0.3 is 5.32 Å². The molecule has 106 valence electrons. The quantitative estimate of drug-likeness (QED) is 0.880. The summed E-state index contributed by atoms with van der Waals surface area (Å²) in [4.78, 5) is 15.9. The number of aromatic nitrogens is 1. The Labute approximate surface area is 120 Å². The van der Waals surface area contributed by atoms with Gasteiger partial charge in [0.2, 0.25) is 10.0 Å². The maximum atomic E-state index is 11.8. The molecule has 1 amide bonds. The topological polar surface area (TPSA) is 102 Å². The summed E-state index contributed by atoms with van der Waals surface area (Å²) in [6.45, 7) is 2.12. The Morgan fingerprint density at radius 1 is 1.35 bits per heavy atom. The number of carbonyl (C=O) groups excluding carboxylic acids is 1. The fraction of sp³-hybridized carbons (Fsp3) is 0.167. The lowest BCUT2D eigenvalue weighted by atomic mass is 10.2. The van der Waals surface area contributed by atoms with Gasteiger partial charge in [-0.2, -0.15) is 0 Å². The molecule has 0 atom stereocenters. The van der Waals surface area contributed by atoms with Gasteiger partial charge in [0.05, 0.1) is 9.90 Å². The Hall–Kier alpha value is -1.77. The van der Waals surface area contributed by atoms with Gasteiger partial charge in [0.25, 0.3) is 5.91 Å². The molecule has 1 heterocycles. The minimum Gasteiger partial charge on any atom is -0.347 e. The molecule has 0 aliphatic heterocycles. The maximum Gasteiger partial charge on any atom is 0.271 e. The van der Waals surface area contributed by atoms with Gasteiger partial charge in [0.15, 0.2) is 0 Å². The van der Waals surface area contributed by atoms with E-state index in [1.54, 1.807) is 17.5 Å². The number of thiazole rings is 1. The standard InChI is InChI=1S/C12H13N3O3S2/c1-8-15-11(7-19-8)12(16)14-6-9-2-4-10(5-3-9)20(13,17)18/h2-5,7H,6H2,1H3,(H,14,16)(H2,13,17,18). The lowest BCUT2D eigenvalue weighted by Gasteiger charge is -2.04. The summed E-state index contributed by atoms with van der Waals surface area (Å²) in [6.07, 6.45) is 0. The van der Waals surface area contributed by atoms with E-state index in [4.69, 9.17) is 5.14 Å². The molecule has 0 bridgehead atoms. The molecule has 1 aromatic heterocycles. The number of nitrogens with one attached hydrogen (secondary N) is 1. The van der Waals surface area contributed by atoms with Crippen LogP contribution in [-0.2, 0) is 16.6 Å². The highest BCUT2D eigenvalue weighted by Gasteiger charge is 2.10. The first-order chi connectivity index (χ1) is 9.36. The van der Waals surface area contributed by atoms with Crippen molar-refractivity contribution in [3.8, 4) is 0 Å². The average molecular weight is 311 g/mol. The SMILES string of the molecule is Cc1nc(C(=O)NCc2ccc(S(N)(=O)=O)cc2)cs1. The van der Waals surface area contributed by atoms with E-state index in [-0.39, 0.29) is 10.8 Å². The van der Waals surface area contributed by atoms with Crippen molar-refractivity contribution in [3.63, 3.8) is 0 Å². The largest absolute Gasteiger partial charge is 0.347 e. The molecule has 20 heavy (non-hydrogen) atoms. The third-order valence-electron chi connectivity index (χ3n) is 2.56. The fourth-order valence-electron chi connectivity index (χ4n) is 1.54. The molecule has 0 spiro atoms. The van der Waals surface area contributed by atoms with Crippen LogP contribution in [0.5, 0.6) is 0 Å². The summed E-state index contributed by atoms with van der Waals surface area (Å²) in [5.41, 5.74) is 1.16. The van der Waals surface area contributed by atoms with E-state index in [0.717, 1.165) is 10.6 Å². The van der Waals surface area contributed by atoms with Crippen molar-refractivity contribution in [3.05, 3.63) is 45.9 Å². The second-order valence-corrected chi connectivity index (χ2v) is 6.75. The van der Waals surface area contributed by atoms with Crippen molar-refractivity contribution in [2.45, 2.75) is 18.4 Å². The van der Waals surface area contributed by atoms with Crippen molar-refractivity contribution in [1.29, 1.82) is 0 Å². The molecule has 0 aliphatic carbocycles. The third-order valence-corrected chi connectivity index (χ3v) is 4.26. The molecular weight excluding hydrogens is 298 g/mol. The van der Waals surface area contributed by atoms with E-state index in [1.165, 1.54) is 23.5 Å². The molecule has 1 aromatic carbocycles. The van der Waals surface area contributed by atoms with E-state index in [0.29, 0.717) is 12.2 Å². The number of carbonyl (C=O) groups is 1. The zero-order valence-electron chi connectivity index (χ0n) is 10.7. The number of rotatable bonds is 4.